The zero-order chi connectivity index (χ0) is 16.8. The van der Waals surface area contributed by atoms with Crippen molar-refractivity contribution in [2.24, 2.45) is 5.92 Å². The highest BCUT2D eigenvalue weighted by Crippen LogP contribution is 2.32. The Morgan fingerprint density at radius 3 is 2.79 bits per heavy atom. The van der Waals surface area contributed by atoms with E-state index in [1.165, 1.54) is 7.11 Å². The Kier molecular flexibility index (Phi) is 5.43. The highest BCUT2D eigenvalue weighted by atomic mass is 16.5. The van der Waals surface area contributed by atoms with Crippen molar-refractivity contribution >= 4 is 5.97 Å². The van der Waals surface area contributed by atoms with Crippen molar-refractivity contribution in [3.8, 4) is 5.88 Å². The van der Waals surface area contributed by atoms with Gasteiger partial charge in [-0.2, -0.15) is 0 Å². The van der Waals surface area contributed by atoms with E-state index in [-0.39, 0.29) is 18.0 Å². The third-order valence-electron chi connectivity index (χ3n) is 4.18. The van der Waals surface area contributed by atoms with E-state index in [1.807, 2.05) is 42.5 Å². The Morgan fingerprint density at radius 2 is 2.08 bits per heavy atom. The Morgan fingerprint density at radius 1 is 1.25 bits per heavy atom. The minimum Gasteiger partial charge on any atom is -0.473 e. The monoisotopic (exact) mass is 327 g/mol. The maximum atomic E-state index is 11.7. The number of carbonyl (C=O) groups excluding carboxylic acids is 1. The summed E-state index contributed by atoms with van der Waals surface area (Å²) in [4.78, 5) is 16.0. The van der Waals surface area contributed by atoms with Crippen LogP contribution in [0.15, 0.2) is 48.7 Å². The van der Waals surface area contributed by atoms with Crippen LogP contribution in [0.4, 0.5) is 0 Å². The molecule has 2 heterocycles. The molecule has 5 heteroatoms. The molecule has 0 aliphatic carbocycles. The zero-order valence-corrected chi connectivity index (χ0v) is 13.7. The lowest BCUT2D eigenvalue weighted by atomic mass is 9.92. The van der Waals surface area contributed by atoms with E-state index in [1.54, 1.807) is 6.20 Å². The summed E-state index contributed by atoms with van der Waals surface area (Å²) in [5, 5.41) is 0. The summed E-state index contributed by atoms with van der Waals surface area (Å²) >= 11 is 0. The SMILES string of the molecule is COC(=O)[C@H]1CCO[C@@H](c2ccc(OCc3ccccc3)nc2)C1. The fourth-order valence-electron chi connectivity index (χ4n) is 2.81. The molecule has 24 heavy (non-hydrogen) atoms. The van der Waals surface area contributed by atoms with E-state index < -0.39 is 0 Å². The molecule has 1 saturated heterocycles. The van der Waals surface area contributed by atoms with Gasteiger partial charge < -0.3 is 14.2 Å². The molecule has 2 aromatic rings. The van der Waals surface area contributed by atoms with Gasteiger partial charge >= 0.3 is 5.97 Å². The van der Waals surface area contributed by atoms with Crippen LogP contribution in [0.5, 0.6) is 5.88 Å². The van der Waals surface area contributed by atoms with Crippen LogP contribution in [0.2, 0.25) is 0 Å². The highest BCUT2D eigenvalue weighted by molar-refractivity contribution is 5.72. The number of pyridine rings is 1. The van der Waals surface area contributed by atoms with Gasteiger partial charge in [0.15, 0.2) is 0 Å². The first-order chi connectivity index (χ1) is 11.8. The molecule has 0 bridgehead atoms. The lowest BCUT2D eigenvalue weighted by Gasteiger charge is -2.28. The summed E-state index contributed by atoms with van der Waals surface area (Å²) in [7, 11) is 1.42. The Labute approximate surface area is 141 Å². The average Bonchev–Trinajstić information content (AvgIpc) is 2.67. The van der Waals surface area contributed by atoms with E-state index in [4.69, 9.17) is 14.2 Å². The molecule has 1 fully saturated rings. The van der Waals surface area contributed by atoms with E-state index in [0.29, 0.717) is 31.9 Å². The maximum absolute atomic E-state index is 11.7. The van der Waals surface area contributed by atoms with Crippen LogP contribution in [0.1, 0.15) is 30.1 Å². The summed E-state index contributed by atoms with van der Waals surface area (Å²) < 4.78 is 16.3. The predicted octanol–water partition coefficient (Wildman–Crippen LogP) is 3.30. The molecule has 3 rings (SSSR count). The van der Waals surface area contributed by atoms with Gasteiger partial charge in [-0.1, -0.05) is 30.3 Å². The second-order valence-corrected chi connectivity index (χ2v) is 5.81. The first kappa shape index (κ1) is 16.5. The Hall–Kier alpha value is -2.40. The number of esters is 1. The van der Waals surface area contributed by atoms with Gasteiger partial charge in [0.05, 0.1) is 19.1 Å². The van der Waals surface area contributed by atoms with Gasteiger partial charge in [-0.3, -0.25) is 4.79 Å². The minimum absolute atomic E-state index is 0.109. The molecule has 0 amide bonds. The van der Waals surface area contributed by atoms with Crippen LogP contribution in [0.3, 0.4) is 0 Å². The number of aromatic nitrogens is 1. The summed E-state index contributed by atoms with van der Waals surface area (Å²) in [6.07, 6.45) is 2.96. The van der Waals surface area contributed by atoms with Crippen LogP contribution in [0.25, 0.3) is 0 Å². The molecule has 1 aromatic carbocycles. The molecule has 2 atom stereocenters. The number of rotatable bonds is 5. The molecule has 0 radical (unpaired) electrons. The minimum atomic E-state index is -0.168. The molecule has 126 valence electrons. The molecule has 0 spiro atoms. The van der Waals surface area contributed by atoms with Crippen molar-refractivity contribution in [3.05, 3.63) is 59.8 Å². The normalized spacial score (nSPS) is 20.4. The summed E-state index contributed by atoms with van der Waals surface area (Å²) in [5.41, 5.74) is 2.05. The van der Waals surface area contributed by atoms with Gasteiger partial charge in [0.1, 0.15) is 6.61 Å². The third-order valence-corrected chi connectivity index (χ3v) is 4.18. The topological polar surface area (TPSA) is 57.7 Å². The van der Waals surface area contributed by atoms with Crippen molar-refractivity contribution in [2.75, 3.05) is 13.7 Å². The number of hydrogen-bond donors (Lipinski definition) is 0. The van der Waals surface area contributed by atoms with Crippen LogP contribution in [-0.2, 0) is 20.9 Å². The number of nitrogens with zero attached hydrogens (tertiary/aromatic N) is 1. The Bertz CT molecular complexity index is 657. The first-order valence-electron chi connectivity index (χ1n) is 8.08. The number of hydrogen-bond acceptors (Lipinski definition) is 5. The average molecular weight is 327 g/mol. The molecule has 0 unspecified atom stereocenters. The second-order valence-electron chi connectivity index (χ2n) is 5.81. The van der Waals surface area contributed by atoms with Crippen molar-refractivity contribution in [1.82, 2.24) is 4.98 Å². The number of ether oxygens (including phenoxy) is 3. The summed E-state index contributed by atoms with van der Waals surface area (Å²) in [6, 6.07) is 13.7. The van der Waals surface area contributed by atoms with Gasteiger partial charge in [0.25, 0.3) is 0 Å². The van der Waals surface area contributed by atoms with E-state index in [9.17, 15) is 4.79 Å². The fraction of sp³-hybridized carbons (Fsp3) is 0.368. The molecular weight excluding hydrogens is 306 g/mol. The molecule has 0 saturated carbocycles. The summed E-state index contributed by atoms with van der Waals surface area (Å²) in [5.74, 6) is 0.296. The maximum Gasteiger partial charge on any atom is 0.308 e. The van der Waals surface area contributed by atoms with Crippen molar-refractivity contribution in [1.29, 1.82) is 0 Å². The van der Waals surface area contributed by atoms with Crippen LogP contribution < -0.4 is 4.74 Å². The molecule has 1 aliphatic heterocycles. The largest absolute Gasteiger partial charge is 0.473 e. The van der Waals surface area contributed by atoms with Gasteiger partial charge in [-0.05, 0) is 30.0 Å². The van der Waals surface area contributed by atoms with Gasteiger partial charge in [-0.25, -0.2) is 4.98 Å². The molecular formula is C19H21NO4. The molecule has 1 aromatic heterocycles. The van der Waals surface area contributed by atoms with Crippen LogP contribution in [-0.4, -0.2) is 24.7 Å². The lowest BCUT2D eigenvalue weighted by Crippen LogP contribution is -2.26. The van der Waals surface area contributed by atoms with E-state index in [2.05, 4.69) is 4.98 Å². The number of methoxy groups -OCH3 is 1. The quantitative estimate of drug-likeness (QED) is 0.789. The standard InChI is InChI=1S/C19H21NO4/c1-22-19(21)15-9-10-23-17(11-15)16-7-8-18(20-12-16)24-13-14-5-3-2-4-6-14/h2-8,12,15,17H,9-11,13H2,1H3/t15-,17+/m0/s1. The predicted molar refractivity (Wildman–Crippen MR) is 88.4 cm³/mol. The third kappa shape index (κ3) is 4.11. The zero-order valence-electron chi connectivity index (χ0n) is 13.7. The molecule has 0 N–H and O–H groups in total. The number of benzene rings is 1. The summed E-state index contributed by atoms with van der Waals surface area (Å²) in [6.45, 7) is 1.04. The fourth-order valence-corrected chi connectivity index (χ4v) is 2.81. The highest BCUT2D eigenvalue weighted by Gasteiger charge is 2.29. The first-order valence-corrected chi connectivity index (χ1v) is 8.08. The smallest absolute Gasteiger partial charge is 0.308 e. The molecule has 5 nitrogen and oxygen atoms in total. The van der Waals surface area contributed by atoms with Crippen molar-refractivity contribution < 1.29 is 19.0 Å². The number of carbonyl (C=O) groups is 1. The lowest BCUT2D eigenvalue weighted by molar-refractivity contribution is -0.150. The van der Waals surface area contributed by atoms with E-state index in [0.717, 1.165) is 11.1 Å². The van der Waals surface area contributed by atoms with Gasteiger partial charge in [0.2, 0.25) is 5.88 Å². The van der Waals surface area contributed by atoms with Gasteiger partial charge in [0, 0.05) is 18.9 Å². The van der Waals surface area contributed by atoms with Crippen LogP contribution in [0, 0.1) is 5.92 Å². The van der Waals surface area contributed by atoms with Gasteiger partial charge in [-0.15, -0.1) is 0 Å². The second kappa shape index (κ2) is 7.93. The molecule has 1 aliphatic rings. The Balaban J connectivity index is 1.58. The van der Waals surface area contributed by atoms with E-state index >= 15 is 0 Å². The van der Waals surface area contributed by atoms with Crippen LogP contribution >= 0.6 is 0 Å². The van der Waals surface area contributed by atoms with Crippen molar-refractivity contribution in [2.45, 2.75) is 25.6 Å². The van der Waals surface area contributed by atoms with Crippen molar-refractivity contribution in [3.63, 3.8) is 0 Å².